The fourth-order valence-corrected chi connectivity index (χ4v) is 2.72. The molecule has 1 aliphatic heterocycles. The number of para-hydroxylation sites is 1. The number of anilines is 1. The molecule has 0 aliphatic carbocycles. The highest BCUT2D eigenvalue weighted by molar-refractivity contribution is 5.74. The minimum absolute atomic E-state index is 0.661. The van der Waals surface area contributed by atoms with Gasteiger partial charge in [0.05, 0.1) is 5.52 Å². The molecular formula is C14H19N5. The SMILES string of the molecule is NCCC1CCCN(c2nnc3ccccc3n2)C1. The van der Waals surface area contributed by atoms with Crippen LogP contribution in [0.4, 0.5) is 5.95 Å². The van der Waals surface area contributed by atoms with Crippen LogP contribution in [-0.4, -0.2) is 34.8 Å². The standard InChI is InChI=1S/C14H19N5/c15-8-7-11-4-3-9-19(10-11)14-16-12-5-1-2-6-13(12)17-18-14/h1-2,5-6,11H,3-4,7-10,15H2. The predicted molar refractivity (Wildman–Crippen MR) is 75.9 cm³/mol. The average Bonchev–Trinajstić information content (AvgIpc) is 2.47. The van der Waals surface area contributed by atoms with Crippen LogP contribution in [0.15, 0.2) is 24.3 Å². The quantitative estimate of drug-likeness (QED) is 0.904. The fourth-order valence-electron chi connectivity index (χ4n) is 2.72. The second-order valence-corrected chi connectivity index (χ2v) is 5.13. The first-order valence-corrected chi connectivity index (χ1v) is 6.91. The third-order valence-electron chi connectivity index (χ3n) is 3.73. The van der Waals surface area contributed by atoms with Crippen molar-refractivity contribution in [2.75, 3.05) is 24.5 Å². The van der Waals surface area contributed by atoms with Crippen molar-refractivity contribution in [3.8, 4) is 0 Å². The molecule has 1 aromatic carbocycles. The first-order chi connectivity index (χ1) is 9.36. The molecular weight excluding hydrogens is 238 g/mol. The summed E-state index contributed by atoms with van der Waals surface area (Å²) >= 11 is 0. The molecule has 2 N–H and O–H groups in total. The Morgan fingerprint density at radius 1 is 1.21 bits per heavy atom. The van der Waals surface area contributed by atoms with Crippen LogP contribution in [0, 0.1) is 5.92 Å². The Bertz CT molecular complexity index is 554. The predicted octanol–water partition coefficient (Wildman–Crippen LogP) is 1.59. The summed E-state index contributed by atoms with van der Waals surface area (Å²) in [7, 11) is 0. The summed E-state index contributed by atoms with van der Waals surface area (Å²) in [6, 6.07) is 7.85. The first kappa shape index (κ1) is 12.3. The van der Waals surface area contributed by atoms with Crippen LogP contribution >= 0.6 is 0 Å². The lowest BCUT2D eigenvalue weighted by molar-refractivity contribution is 0.392. The van der Waals surface area contributed by atoms with Gasteiger partial charge in [-0.3, -0.25) is 0 Å². The Kier molecular flexibility index (Phi) is 3.55. The van der Waals surface area contributed by atoms with Crippen LogP contribution in [0.5, 0.6) is 0 Å². The normalized spacial score (nSPS) is 19.8. The lowest BCUT2D eigenvalue weighted by atomic mass is 9.95. The number of aromatic nitrogens is 3. The van der Waals surface area contributed by atoms with E-state index in [-0.39, 0.29) is 0 Å². The van der Waals surface area contributed by atoms with Gasteiger partial charge in [0, 0.05) is 13.1 Å². The zero-order valence-electron chi connectivity index (χ0n) is 11.0. The van der Waals surface area contributed by atoms with Gasteiger partial charge in [0.1, 0.15) is 5.52 Å². The zero-order chi connectivity index (χ0) is 13.1. The van der Waals surface area contributed by atoms with Crippen LogP contribution in [0.2, 0.25) is 0 Å². The van der Waals surface area contributed by atoms with Gasteiger partial charge < -0.3 is 10.6 Å². The minimum Gasteiger partial charge on any atom is -0.339 e. The van der Waals surface area contributed by atoms with Crippen LogP contribution in [0.3, 0.4) is 0 Å². The van der Waals surface area contributed by atoms with Crippen molar-refractivity contribution < 1.29 is 0 Å². The summed E-state index contributed by atoms with van der Waals surface area (Å²) < 4.78 is 0. The number of piperidine rings is 1. The molecule has 2 aromatic rings. The lowest BCUT2D eigenvalue weighted by Gasteiger charge is -2.32. The van der Waals surface area contributed by atoms with Gasteiger partial charge in [-0.05, 0) is 43.9 Å². The molecule has 3 rings (SSSR count). The Balaban J connectivity index is 1.83. The van der Waals surface area contributed by atoms with Gasteiger partial charge in [-0.1, -0.05) is 12.1 Å². The highest BCUT2D eigenvalue weighted by atomic mass is 15.3. The molecule has 0 amide bonds. The van der Waals surface area contributed by atoms with E-state index >= 15 is 0 Å². The molecule has 1 fully saturated rings. The number of hydrogen-bond acceptors (Lipinski definition) is 5. The van der Waals surface area contributed by atoms with E-state index in [2.05, 4.69) is 20.1 Å². The van der Waals surface area contributed by atoms with Crippen molar-refractivity contribution in [3.63, 3.8) is 0 Å². The van der Waals surface area contributed by atoms with Gasteiger partial charge >= 0.3 is 0 Å². The Hall–Kier alpha value is -1.75. The molecule has 5 nitrogen and oxygen atoms in total. The summed E-state index contributed by atoms with van der Waals surface area (Å²) in [5.41, 5.74) is 7.42. The van der Waals surface area contributed by atoms with Crippen molar-refractivity contribution in [2.24, 2.45) is 11.7 Å². The maximum Gasteiger partial charge on any atom is 0.245 e. The Labute approximate surface area is 112 Å². The highest BCUT2D eigenvalue weighted by Crippen LogP contribution is 2.22. The number of benzene rings is 1. The summed E-state index contributed by atoms with van der Waals surface area (Å²) in [4.78, 5) is 6.85. The van der Waals surface area contributed by atoms with Crippen molar-refractivity contribution >= 4 is 17.0 Å². The smallest absolute Gasteiger partial charge is 0.245 e. The number of nitrogens with two attached hydrogens (primary N) is 1. The van der Waals surface area contributed by atoms with E-state index in [1.165, 1.54) is 12.8 Å². The monoisotopic (exact) mass is 257 g/mol. The second kappa shape index (κ2) is 5.48. The summed E-state index contributed by atoms with van der Waals surface area (Å²) in [5, 5.41) is 8.51. The van der Waals surface area contributed by atoms with Crippen LogP contribution in [-0.2, 0) is 0 Å². The number of rotatable bonds is 3. The zero-order valence-corrected chi connectivity index (χ0v) is 11.0. The van der Waals surface area contributed by atoms with E-state index in [1.54, 1.807) is 0 Å². The molecule has 0 radical (unpaired) electrons. The molecule has 100 valence electrons. The van der Waals surface area contributed by atoms with Gasteiger partial charge in [0.2, 0.25) is 5.95 Å². The van der Waals surface area contributed by atoms with Gasteiger partial charge in [-0.15, -0.1) is 10.2 Å². The van der Waals surface area contributed by atoms with Gasteiger partial charge in [0.25, 0.3) is 0 Å². The second-order valence-electron chi connectivity index (χ2n) is 5.13. The third kappa shape index (κ3) is 2.66. The molecule has 1 atom stereocenters. The van der Waals surface area contributed by atoms with Crippen LogP contribution in [0.25, 0.3) is 11.0 Å². The van der Waals surface area contributed by atoms with Crippen LogP contribution < -0.4 is 10.6 Å². The average molecular weight is 257 g/mol. The molecule has 19 heavy (non-hydrogen) atoms. The lowest BCUT2D eigenvalue weighted by Crippen LogP contribution is -2.37. The van der Waals surface area contributed by atoms with Crippen molar-refractivity contribution in [2.45, 2.75) is 19.3 Å². The van der Waals surface area contributed by atoms with Gasteiger partial charge in [-0.25, -0.2) is 4.98 Å². The molecule has 1 aromatic heterocycles. The Morgan fingerprint density at radius 3 is 2.89 bits per heavy atom. The van der Waals surface area contributed by atoms with Gasteiger partial charge in [0.15, 0.2) is 0 Å². The number of nitrogens with zero attached hydrogens (tertiary/aromatic N) is 4. The van der Waals surface area contributed by atoms with E-state index in [0.29, 0.717) is 5.92 Å². The maximum absolute atomic E-state index is 5.66. The molecule has 1 aliphatic rings. The Morgan fingerprint density at radius 2 is 2.05 bits per heavy atom. The number of hydrogen-bond donors (Lipinski definition) is 1. The topological polar surface area (TPSA) is 67.9 Å². The molecule has 2 heterocycles. The van der Waals surface area contributed by atoms with Crippen molar-refractivity contribution in [1.29, 1.82) is 0 Å². The van der Waals surface area contributed by atoms with E-state index in [4.69, 9.17) is 5.73 Å². The highest BCUT2D eigenvalue weighted by Gasteiger charge is 2.21. The number of fused-ring (bicyclic) bond motifs is 1. The van der Waals surface area contributed by atoms with E-state index < -0.39 is 0 Å². The largest absolute Gasteiger partial charge is 0.339 e. The summed E-state index contributed by atoms with van der Waals surface area (Å²) in [6.45, 7) is 2.77. The first-order valence-electron chi connectivity index (χ1n) is 6.91. The molecule has 1 saturated heterocycles. The van der Waals surface area contributed by atoms with Crippen molar-refractivity contribution in [3.05, 3.63) is 24.3 Å². The molecule has 0 bridgehead atoms. The third-order valence-corrected chi connectivity index (χ3v) is 3.73. The molecule has 0 saturated carbocycles. The van der Waals surface area contributed by atoms with Crippen LogP contribution in [0.1, 0.15) is 19.3 Å². The molecule has 0 spiro atoms. The molecule has 5 heteroatoms. The summed E-state index contributed by atoms with van der Waals surface area (Å²) in [6.07, 6.45) is 3.52. The van der Waals surface area contributed by atoms with E-state index in [9.17, 15) is 0 Å². The maximum atomic E-state index is 5.66. The van der Waals surface area contributed by atoms with E-state index in [1.807, 2.05) is 24.3 Å². The van der Waals surface area contributed by atoms with E-state index in [0.717, 1.165) is 43.0 Å². The summed E-state index contributed by atoms with van der Waals surface area (Å²) in [5.74, 6) is 1.41. The minimum atomic E-state index is 0.661. The van der Waals surface area contributed by atoms with Crippen molar-refractivity contribution in [1.82, 2.24) is 15.2 Å². The molecule has 1 unspecified atom stereocenters. The fraction of sp³-hybridized carbons (Fsp3) is 0.500. The van der Waals surface area contributed by atoms with Gasteiger partial charge in [-0.2, -0.15) is 0 Å².